The summed E-state index contributed by atoms with van der Waals surface area (Å²) in [7, 11) is 0. The smallest absolute Gasteiger partial charge is 0.270 e. The molecule has 0 spiro atoms. The van der Waals surface area contributed by atoms with Crippen LogP contribution in [0.3, 0.4) is 0 Å². The predicted octanol–water partition coefficient (Wildman–Crippen LogP) is 3.22. The van der Waals surface area contributed by atoms with Gasteiger partial charge in [0, 0.05) is 36.2 Å². The lowest BCUT2D eigenvalue weighted by Crippen LogP contribution is -2.40. The number of carbonyl (C=O) groups is 1. The molecule has 1 saturated carbocycles. The van der Waals surface area contributed by atoms with E-state index in [1.807, 2.05) is 0 Å². The summed E-state index contributed by atoms with van der Waals surface area (Å²) in [6, 6.07) is 6.08. The zero-order chi connectivity index (χ0) is 14.5. The fourth-order valence-electron chi connectivity index (χ4n) is 2.68. The molecule has 0 aromatic heterocycles. The minimum atomic E-state index is -0.488. The number of hydrogen-bond donors (Lipinski definition) is 0. The van der Waals surface area contributed by atoms with Crippen LogP contribution in [0.5, 0.6) is 0 Å². The van der Waals surface area contributed by atoms with Gasteiger partial charge < -0.3 is 4.90 Å². The van der Waals surface area contributed by atoms with Gasteiger partial charge in [0.05, 0.1) is 4.92 Å². The first kappa shape index (κ1) is 14.8. The van der Waals surface area contributed by atoms with E-state index in [-0.39, 0.29) is 17.6 Å². The van der Waals surface area contributed by atoms with E-state index in [2.05, 4.69) is 0 Å². The molecule has 1 amide bonds. The van der Waals surface area contributed by atoms with E-state index < -0.39 is 4.92 Å². The standard InChI is InChI=1S/C14H17ClN2O3/c15-8-9-16(12-5-1-2-6-12)14(18)11-4-3-7-13(10-11)17(19)20/h3-4,7,10,12H,1-2,5-6,8-9H2. The van der Waals surface area contributed by atoms with Gasteiger partial charge in [-0.3, -0.25) is 14.9 Å². The third kappa shape index (κ3) is 3.28. The monoisotopic (exact) mass is 296 g/mol. The number of benzene rings is 1. The highest BCUT2D eigenvalue weighted by Gasteiger charge is 2.27. The van der Waals surface area contributed by atoms with Gasteiger partial charge in [-0.2, -0.15) is 0 Å². The van der Waals surface area contributed by atoms with Gasteiger partial charge >= 0.3 is 0 Å². The molecule has 0 N–H and O–H groups in total. The van der Waals surface area contributed by atoms with Gasteiger partial charge in [0.15, 0.2) is 0 Å². The molecule has 0 saturated heterocycles. The maximum atomic E-state index is 12.5. The minimum Gasteiger partial charge on any atom is -0.334 e. The molecular weight excluding hydrogens is 280 g/mol. The molecule has 6 heteroatoms. The van der Waals surface area contributed by atoms with Crippen LogP contribution in [0.25, 0.3) is 0 Å². The number of alkyl halides is 1. The van der Waals surface area contributed by atoms with Gasteiger partial charge in [-0.25, -0.2) is 0 Å². The Bertz CT molecular complexity index is 501. The van der Waals surface area contributed by atoms with Gasteiger partial charge in [-0.05, 0) is 18.9 Å². The minimum absolute atomic E-state index is 0.0619. The molecule has 0 unspecified atom stereocenters. The molecule has 1 fully saturated rings. The average molecular weight is 297 g/mol. The van der Waals surface area contributed by atoms with E-state index in [1.54, 1.807) is 17.0 Å². The van der Waals surface area contributed by atoms with Crippen LogP contribution in [-0.2, 0) is 0 Å². The van der Waals surface area contributed by atoms with Crippen LogP contribution in [-0.4, -0.2) is 34.2 Å². The van der Waals surface area contributed by atoms with Gasteiger partial charge in [-0.1, -0.05) is 18.9 Å². The maximum absolute atomic E-state index is 12.5. The van der Waals surface area contributed by atoms with Crippen LogP contribution in [0, 0.1) is 10.1 Å². The number of rotatable bonds is 5. The van der Waals surface area contributed by atoms with Crippen molar-refractivity contribution in [3.8, 4) is 0 Å². The average Bonchev–Trinajstić information content (AvgIpc) is 2.98. The van der Waals surface area contributed by atoms with E-state index in [0.717, 1.165) is 25.7 Å². The van der Waals surface area contributed by atoms with E-state index in [4.69, 9.17) is 11.6 Å². The number of non-ortho nitro benzene ring substituents is 1. The maximum Gasteiger partial charge on any atom is 0.270 e. The number of carbonyl (C=O) groups excluding carboxylic acids is 1. The van der Waals surface area contributed by atoms with Crippen molar-refractivity contribution in [2.75, 3.05) is 12.4 Å². The summed E-state index contributed by atoms with van der Waals surface area (Å²) >= 11 is 5.79. The van der Waals surface area contributed by atoms with E-state index in [0.29, 0.717) is 18.0 Å². The molecule has 0 atom stereocenters. The van der Waals surface area contributed by atoms with E-state index in [1.165, 1.54) is 12.1 Å². The second-order valence-electron chi connectivity index (χ2n) is 4.93. The fraction of sp³-hybridized carbons (Fsp3) is 0.500. The Balaban J connectivity index is 2.22. The molecule has 108 valence electrons. The van der Waals surface area contributed by atoms with Crippen molar-refractivity contribution < 1.29 is 9.72 Å². The molecule has 0 bridgehead atoms. The molecule has 1 aromatic rings. The number of halogens is 1. The van der Waals surface area contributed by atoms with Crippen molar-refractivity contribution in [1.82, 2.24) is 4.90 Å². The third-order valence-corrected chi connectivity index (χ3v) is 3.82. The molecule has 20 heavy (non-hydrogen) atoms. The van der Waals surface area contributed by atoms with Crippen molar-refractivity contribution in [3.05, 3.63) is 39.9 Å². The normalized spacial score (nSPS) is 15.2. The summed E-state index contributed by atoms with van der Waals surface area (Å²) in [5, 5.41) is 10.8. The summed E-state index contributed by atoms with van der Waals surface area (Å²) in [6.45, 7) is 0.480. The fourth-order valence-corrected chi connectivity index (χ4v) is 2.86. The van der Waals surface area contributed by atoms with Crippen LogP contribution in [0.15, 0.2) is 24.3 Å². The quantitative estimate of drug-likeness (QED) is 0.476. The molecule has 0 aliphatic heterocycles. The Morgan fingerprint density at radius 1 is 1.40 bits per heavy atom. The summed E-state index contributed by atoms with van der Waals surface area (Å²) in [6.07, 6.45) is 4.20. The highest BCUT2D eigenvalue weighted by Crippen LogP contribution is 2.25. The van der Waals surface area contributed by atoms with Crippen molar-refractivity contribution in [2.24, 2.45) is 0 Å². The van der Waals surface area contributed by atoms with Gasteiger partial charge in [0.1, 0.15) is 0 Å². The number of nitro groups is 1. The number of nitro benzene ring substituents is 1. The second-order valence-corrected chi connectivity index (χ2v) is 5.31. The Morgan fingerprint density at radius 3 is 2.70 bits per heavy atom. The third-order valence-electron chi connectivity index (χ3n) is 3.66. The van der Waals surface area contributed by atoms with Crippen LogP contribution < -0.4 is 0 Å². The first-order valence-electron chi connectivity index (χ1n) is 6.75. The molecule has 2 rings (SSSR count). The lowest BCUT2D eigenvalue weighted by Gasteiger charge is -2.28. The van der Waals surface area contributed by atoms with E-state index >= 15 is 0 Å². The summed E-state index contributed by atoms with van der Waals surface area (Å²) in [5.74, 6) is 0.207. The molecule has 1 aliphatic carbocycles. The second kappa shape index (κ2) is 6.70. The molecular formula is C14H17ClN2O3. The summed E-state index contributed by atoms with van der Waals surface area (Å²) in [5.41, 5.74) is 0.296. The van der Waals surface area contributed by atoms with Crippen LogP contribution in [0.1, 0.15) is 36.0 Å². The van der Waals surface area contributed by atoms with E-state index in [9.17, 15) is 14.9 Å². The lowest BCUT2D eigenvalue weighted by atomic mass is 10.1. The zero-order valence-corrected chi connectivity index (χ0v) is 11.9. The van der Waals surface area contributed by atoms with Crippen molar-refractivity contribution in [2.45, 2.75) is 31.7 Å². The number of amides is 1. The Hall–Kier alpha value is -1.62. The predicted molar refractivity (Wildman–Crippen MR) is 77.1 cm³/mol. The number of hydrogen-bond acceptors (Lipinski definition) is 3. The molecule has 0 heterocycles. The van der Waals surface area contributed by atoms with Crippen LogP contribution in [0.4, 0.5) is 5.69 Å². The Kier molecular flexibility index (Phi) is 4.95. The summed E-state index contributed by atoms with van der Waals surface area (Å²) < 4.78 is 0. The largest absolute Gasteiger partial charge is 0.334 e. The van der Waals surface area contributed by atoms with Crippen LogP contribution in [0.2, 0.25) is 0 Å². The Morgan fingerprint density at radius 2 is 2.10 bits per heavy atom. The van der Waals surface area contributed by atoms with Gasteiger partial charge in [0.2, 0.25) is 0 Å². The summed E-state index contributed by atoms with van der Waals surface area (Å²) in [4.78, 5) is 24.6. The van der Waals surface area contributed by atoms with Crippen molar-refractivity contribution in [3.63, 3.8) is 0 Å². The first-order chi connectivity index (χ1) is 9.63. The van der Waals surface area contributed by atoms with Crippen molar-refractivity contribution >= 4 is 23.2 Å². The lowest BCUT2D eigenvalue weighted by molar-refractivity contribution is -0.384. The topological polar surface area (TPSA) is 63.4 Å². The van der Waals surface area contributed by atoms with Crippen LogP contribution >= 0.6 is 11.6 Å². The highest BCUT2D eigenvalue weighted by atomic mass is 35.5. The Labute approximate surface area is 122 Å². The highest BCUT2D eigenvalue weighted by molar-refractivity contribution is 6.18. The SMILES string of the molecule is O=C(c1cccc([N+](=O)[O-])c1)N(CCCl)C1CCCC1. The van der Waals surface area contributed by atoms with Gasteiger partial charge in [-0.15, -0.1) is 11.6 Å². The molecule has 0 radical (unpaired) electrons. The molecule has 5 nitrogen and oxygen atoms in total. The van der Waals surface area contributed by atoms with Gasteiger partial charge in [0.25, 0.3) is 11.6 Å². The van der Waals surface area contributed by atoms with Crippen molar-refractivity contribution in [1.29, 1.82) is 0 Å². The molecule has 1 aromatic carbocycles. The first-order valence-corrected chi connectivity index (χ1v) is 7.28. The molecule has 1 aliphatic rings. The zero-order valence-electron chi connectivity index (χ0n) is 11.1. The number of nitrogens with zero attached hydrogens (tertiary/aromatic N) is 2.